The van der Waals surface area contributed by atoms with Crippen LogP contribution in [0.2, 0.25) is 0 Å². The molecule has 1 aliphatic rings. The number of rotatable bonds is 21. The summed E-state index contributed by atoms with van der Waals surface area (Å²) in [7, 11) is 6.36. The molecule has 0 spiro atoms. The van der Waals surface area contributed by atoms with E-state index in [1.807, 2.05) is 47.6 Å². The molecule has 3 amide bonds. The summed E-state index contributed by atoms with van der Waals surface area (Å²) < 4.78 is 27.4. The van der Waals surface area contributed by atoms with Crippen molar-refractivity contribution in [2.45, 2.75) is 135 Å². The average Bonchev–Trinajstić information content (AvgIpc) is 3.59. The fourth-order valence-electron chi connectivity index (χ4n) is 7.33. The molecule has 1 fully saturated rings. The molecule has 1 aromatic carbocycles. The zero-order valence-corrected chi connectivity index (χ0v) is 32.6. The first-order valence-electron chi connectivity index (χ1n) is 18.5. The summed E-state index contributed by atoms with van der Waals surface area (Å²) in [5.41, 5.74) is 0.594. The average molecular weight is 724 g/mol. The standard InChI is InChI=1S/C38H66FN5O7/c1-12-24(6)33(43(9)38(49)32(23(4)5)42-37(48)31(40-8)22(2)3)28(50-10)21-29(45)44-20-16-19-27(44)35(51-11)30(39)36(47)41-25(7)34(46)26-17-14-13-15-18-26/h13-15,17-18,22-25,27-28,30-35,38,40,46,49H,12,16,19-21H2,1-11H3,(H,41,47)(H,42,48)/t24-,25+,27-,28+,30+,31-,32-,33?,34+,35-,38?/m0/s1. The number of carbonyl (C=O) groups is 3. The highest BCUT2D eigenvalue weighted by Gasteiger charge is 2.44. The molecule has 0 saturated carbocycles. The summed E-state index contributed by atoms with van der Waals surface area (Å²) in [5.74, 6) is -1.48. The third-order valence-corrected chi connectivity index (χ3v) is 10.6. The van der Waals surface area contributed by atoms with Gasteiger partial charge in [-0.1, -0.05) is 78.3 Å². The van der Waals surface area contributed by atoms with E-state index in [4.69, 9.17) is 9.47 Å². The van der Waals surface area contributed by atoms with Crippen LogP contribution in [0.5, 0.6) is 0 Å². The highest BCUT2D eigenvalue weighted by molar-refractivity contribution is 5.83. The van der Waals surface area contributed by atoms with Crippen LogP contribution in [-0.2, 0) is 23.9 Å². The fourth-order valence-corrected chi connectivity index (χ4v) is 7.33. The SMILES string of the molecule is CC[C@H](C)C([C@@H](CC(=O)N1CCC[C@H]1[C@H](OC)[C@@H](F)C(=O)N[C@H](C)[C@@H](O)c1ccccc1)OC)N(C)C(O)[C@@H](NC(=O)[C@@H](NC)C(C)C)C(C)C. The second-order valence-corrected chi connectivity index (χ2v) is 14.8. The third-order valence-electron chi connectivity index (χ3n) is 10.6. The highest BCUT2D eigenvalue weighted by atomic mass is 19.1. The number of amides is 3. The topological polar surface area (TPSA) is 153 Å². The fraction of sp³-hybridized carbons (Fsp3) is 0.763. The number of ether oxygens (including phenoxy) is 2. The number of carbonyl (C=O) groups excluding carboxylic acids is 3. The minimum atomic E-state index is -2.09. The van der Waals surface area contributed by atoms with E-state index in [9.17, 15) is 24.6 Å². The highest BCUT2D eigenvalue weighted by Crippen LogP contribution is 2.30. The predicted octanol–water partition coefficient (Wildman–Crippen LogP) is 3.02. The number of hydrogen-bond acceptors (Lipinski definition) is 9. The summed E-state index contributed by atoms with van der Waals surface area (Å²) in [6.45, 7) is 13.8. The lowest BCUT2D eigenvalue weighted by Crippen LogP contribution is -2.61. The van der Waals surface area contributed by atoms with E-state index in [1.54, 1.807) is 55.1 Å². The predicted molar refractivity (Wildman–Crippen MR) is 196 cm³/mol. The van der Waals surface area contributed by atoms with Crippen molar-refractivity contribution in [3.8, 4) is 0 Å². The summed E-state index contributed by atoms with van der Waals surface area (Å²) in [6, 6.07) is 5.90. The molecule has 0 radical (unpaired) electrons. The van der Waals surface area contributed by atoms with Crippen LogP contribution in [0.15, 0.2) is 30.3 Å². The van der Waals surface area contributed by atoms with Gasteiger partial charge in [-0.15, -0.1) is 0 Å². The van der Waals surface area contributed by atoms with Crippen LogP contribution in [0.4, 0.5) is 4.39 Å². The molecule has 1 heterocycles. The number of nitrogens with zero attached hydrogens (tertiary/aromatic N) is 2. The van der Waals surface area contributed by atoms with Gasteiger partial charge in [0.1, 0.15) is 12.3 Å². The van der Waals surface area contributed by atoms with Crippen molar-refractivity contribution in [1.82, 2.24) is 25.8 Å². The number of aliphatic hydroxyl groups is 2. The first-order valence-corrected chi connectivity index (χ1v) is 18.5. The Bertz CT molecular complexity index is 1210. The van der Waals surface area contributed by atoms with Crippen molar-refractivity contribution in [3.63, 3.8) is 0 Å². The minimum absolute atomic E-state index is 0.0140. The number of benzene rings is 1. The molecule has 11 atom stereocenters. The summed E-state index contributed by atoms with van der Waals surface area (Å²) in [5, 5.41) is 31.1. The van der Waals surface area contributed by atoms with E-state index in [2.05, 4.69) is 16.0 Å². The van der Waals surface area contributed by atoms with Gasteiger partial charge in [0.2, 0.25) is 18.0 Å². The van der Waals surface area contributed by atoms with Crippen molar-refractivity contribution >= 4 is 17.7 Å². The third kappa shape index (κ3) is 11.7. The van der Waals surface area contributed by atoms with Gasteiger partial charge in [0, 0.05) is 26.8 Å². The Morgan fingerprint density at radius 3 is 2.12 bits per heavy atom. The monoisotopic (exact) mass is 723 g/mol. The van der Waals surface area contributed by atoms with Crippen LogP contribution in [0.3, 0.4) is 0 Å². The molecule has 0 bridgehead atoms. The zero-order valence-electron chi connectivity index (χ0n) is 32.6. The Kier molecular flexibility index (Phi) is 18.4. The van der Waals surface area contributed by atoms with Crippen LogP contribution >= 0.6 is 0 Å². The number of likely N-dealkylation sites (tertiary alicyclic amines) is 1. The summed E-state index contributed by atoms with van der Waals surface area (Å²) in [4.78, 5) is 43.7. The molecule has 1 aliphatic heterocycles. The Morgan fingerprint density at radius 2 is 1.61 bits per heavy atom. The van der Waals surface area contributed by atoms with Crippen molar-refractivity contribution < 1.29 is 38.5 Å². The minimum Gasteiger partial charge on any atom is -0.386 e. The summed E-state index contributed by atoms with van der Waals surface area (Å²) >= 11 is 0. The maximum Gasteiger partial charge on any atom is 0.257 e. The molecular formula is C38H66FN5O7. The van der Waals surface area contributed by atoms with Gasteiger partial charge in [0.05, 0.1) is 42.8 Å². The lowest BCUT2D eigenvalue weighted by atomic mass is 9.89. The second kappa shape index (κ2) is 21.1. The van der Waals surface area contributed by atoms with Gasteiger partial charge in [0.25, 0.3) is 5.91 Å². The molecule has 5 N–H and O–H groups in total. The quantitative estimate of drug-likeness (QED) is 0.121. The normalized spacial score (nSPS) is 21.0. The van der Waals surface area contributed by atoms with Crippen molar-refractivity contribution in [3.05, 3.63) is 35.9 Å². The van der Waals surface area contributed by atoms with E-state index < -0.39 is 66.8 Å². The van der Waals surface area contributed by atoms with E-state index >= 15 is 4.39 Å². The lowest BCUT2D eigenvalue weighted by Gasteiger charge is -2.43. The smallest absolute Gasteiger partial charge is 0.257 e. The van der Waals surface area contributed by atoms with Crippen LogP contribution in [-0.4, -0.2) is 127 Å². The summed E-state index contributed by atoms with van der Waals surface area (Å²) in [6.07, 6.45) is -4.34. The largest absolute Gasteiger partial charge is 0.386 e. The number of likely N-dealkylation sites (N-methyl/N-ethyl adjacent to an activating group) is 2. The van der Waals surface area contributed by atoms with E-state index in [0.29, 0.717) is 24.9 Å². The molecule has 1 saturated heterocycles. The van der Waals surface area contributed by atoms with Crippen LogP contribution in [0.25, 0.3) is 0 Å². The van der Waals surface area contributed by atoms with E-state index in [0.717, 1.165) is 6.42 Å². The van der Waals surface area contributed by atoms with Crippen LogP contribution in [0, 0.1) is 17.8 Å². The maximum atomic E-state index is 15.9. The Morgan fingerprint density at radius 1 is 0.980 bits per heavy atom. The van der Waals surface area contributed by atoms with Gasteiger partial charge in [-0.05, 0) is 57.2 Å². The maximum absolute atomic E-state index is 15.9. The first kappa shape index (κ1) is 44.5. The van der Waals surface area contributed by atoms with Gasteiger partial charge in [0.15, 0.2) is 0 Å². The number of halogens is 1. The van der Waals surface area contributed by atoms with Crippen molar-refractivity contribution in [2.75, 3.05) is 34.9 Å². The molecule has 0 aliphatic carbocycles. The Labute approximate surface area is 305 Å². The molecule has 51 heavy (non-hydrogen) atoms. The van der Waals surface area contributed by atoms with Gasteiger partial charge < -0.3 is 40.5 Å². The van der Waals surface area contributed by atoms with Gasteiger partial charge in [-0.3, -0.25) is 19.3 Å². The van der Waals surface area contributed by atoms with Crippen LogP contribution in [0.1, 0.15) is 85.8 Å². The molecule has 2 rings (SSSR count). The van der Waals surface area contributed by atoms with E-state index in [1.165, 1.54) is 14.2 Å². The molecule has 0 aromatic heterocycles. The molecule has 1 aromatic rings. The number of nitrogens with one attached hydrogen (secondary N) is 3. The number of hydrogen-bond donors (Lipinski definition) is 5. The molecule has 292 valence electrons. The molecular weight excluding hydrogens is 657 g/mol. The number of aliphatic hydroxyl groups excluding tert-OH is 2. The Hall–Kier alpha value is -2.68. The van der Waals surface area contributed by atoms with Gasteiger partial charge >= 0.3 is 0 Å². The zero-order chi connectivity index (χ0) is 38.6. The van der Waals surface area contributed by atoms with Gasteiger partial charge in [-0.25, -0.2) is 4.39 Å². The molecule has 12 nitrogen and oxygen atoms in total. The van der Waals surface area contributed by atoms with Crippen molar-refractivity contribution in [1.29, 1.82) is 0 Å². The number of methoxy groups -OCH3 is 2. The van der Waals surface area contributed by atoms with Gasteiger partial charge in [-0.2, -0.15) is 0 Å². The second-order valence-electron chi connectivity index (χ2n) is 14.8. The lowest BCUT2D eigenvalue weighted by molar-refractivity contribution is -0.147. The Balaban J connectivity index is 2.24. The van der Waals surface area contributed by atoms with Crippen molar-refractivity contribution in [2.24, 2.45) is 17.8 Å². The number of alkyl halides is 1. The van der Waals surface area contributed by atoms with E-state index in [-0.39, 0.29) is 36.0 Å². The molecule has 13 heteroatoms. The molecule has 2 unspecified atom stereocenters. The van der Waals surface area contributed by atoms with Crippen LogP contribution < -0.4 is 16.0 Å². The first-order chi connectivity index (χ1) is 24.0.